The number of aliphatic hydroxyl groups is 2. The standard InChI is InChI=1S/C21H27NO4/c23-11-14-5-6-21(25)16-9-13-3-4-15(24)18-17(13)20(21,19(14)26-18)7-8-22(16)10-12-1-2-12/h3-4,12,14,16,19,23-25H,1-2,5-11H2/t14-,16-,19+,20+,21?/m1/s1. The van der Waals surface area contributed by atoms with Gasteiger partial charge in [-0.05, 0) is 62.6 Å². The number of phenolic OH excluding ortho intramolecular Hbond substituents is 1. The Labute approximate surface area is 153 Å². The van der Waals surface area contributed by atoms with Crippen LogP contribution in [0.1, 0.15) is 43.2 Å². The van der Waals surface area contributed by atoms with Gasteiger partial charge in [-0.3, -0.25) is 4.90 Å². The fourth-order valence-electron chi connectivity index (χ4n) is 6.77. The predicted octanol–water partition coefficient (Wildman–Crippen LogP) is 1.56. The van der Waals surface area contributed by atoms with E-state index in [4.69, 9.17) is 4.74 Å². The molecule has 3 aliphatic carbocycles. The van der Waals surface area contributed by atoms with E-state index in [2.05, 4.69) is 4.90 Å². The Balaban J connectivity index is 1.55. The molecule has 1 aromatic rings. The molecule has 5 aliphatic rings. The second-order valence-corrected chi connectivity index (χ2v) is 9.27. The number of hydrogen-bond acceptors (Lipinski definition) is 5. The molecule has 0 amide bonds. The van der Waals surface area contributed by atoms with Gasteiger partial charge in [0.05, 0.1) is 11.0 Å². The number of phenols is 1. The summed E-state index contributed by atoms with van der Waals surface area (Å²) in [5, 5.41) is 32.6. The van der Waals surface area contributed by atoms with Crippen molar-refractivity contribution in [1.82, 2.24) is 4.90 Å². The molecule has 2 bridgehead atoms. The maximum Gasteiger partial charge on any atom is 0.165 e. The Morgan fingerprint density at radius 3 is 2.81 bits per heavy atom. The Bertz CT molecular complexity index is 778. The van der Waals surface area contributed by atoms with Crippen LogP contribution >= 0.6 is 0 Å². The van der Waals surface area contributed by atoms with Crippen molar-refractivity contribution < 1.29 is 20.1 Å². The fourth-order valence-corrected chi connectivity index (χ4v) is 6.77. The van der Waals surface area contributed by atoms with Crippen molar-refractivity contribution in [2.45, 2.75) is 61.7 Å². The molecule has 26 heavy (non-hydrogen) atoms. The molecule has 6 rings (SSSR count). The zero-order valence-corrected chi connectivity index (χ0v) is 15.0. The quantitative estimate of drug-likeness (QED) is 0.766. The van der Waals surface area contributed by atoms with Crippen LogP contribution in [0.3, 0.4) is 0 Å². The Morgan fingerprint density at radius 1 is 1.19 bits per heavy atom. The van der Waals surface area contributed by atoms with Gasteiger partial charge in [-0.15, -0.1) is 0 Å². The van der Waals surface area contributed by atoms with Crippen molar-refractivity contribution in [3.8, 4) is 11.5 Å². The van der Waals surface area contributed by atoms with Crippen LogP contribution in [0.2, 0.25) is 0 Å². The third-order valence-corrected chi connectivity index (χ3v) is 8.12. The average molecular weight is 357 g/mol. The Hall–Kier alpha value is -1.30. The number of aliphatic hydroxyl groups excluding tert-OH is 1. The van der Waals surface area contributed by atoms with Crippen molar-refractivity contribution in [2.24, 2.45) is 11.8 Å². The third-order valence-electron chi connectivity index (χ3n) is 8.12. The minimum Gasteiger partial charge on any atom is -0.504 e. The summed E-state index contributed by atoms with van der Waals surface area (Å²) in [5.41, 5.74) is 0.951. The number of hydrogen-bond donors (Lipinski definition) is 3. The summed E-state index contributed by atoms with van der Waals surface area (Å²) in [6, 6.07) is 3.88. The van der Waals surface area contributed by atoms with E-state index in [0.717, 1.165) is 43.8 Å². The van der Waals surface area contributed by atoms with Crippen LogP contribution < -0.4 is 4.74 Å². The second-order valence-electron chi connectivity index (χ2n) is 9.27. The van der Waals surface area contributed by atoms with Crippen molar-refractivity contribution in [2.75, 3.05) is 19.7 Å². The van der Waals surface area contributed by atoms with E-state index in [9.17, 15) is 15.3 Å². The van der Waals surface area contributed by atoms with Gasteiger partial charge in [0.2, 0.25) is 0 Å². The van der Waals surface area contributed by atoms with Gasteiger partial charge >= 0.3 is 0 Å². The molecule has 1 saturated heterocycles. The van der Waals surface area contributed by atoms with Gasteiger partial charge in [-0.1, -0.05) is 6.07 Å². The smallest absolute Gasteiger partial charge is 0.165 e. The molecule has 140 valence electrons. The first-order chi connectivity index (χ1) is 12.6. The van der Waals surface area contributed by atoms with Crippen molar-refractivity contribution in [3.05, 3.63) is 23.3 Å². The van der Waals surface area contributed by atoms with Gasteiger partial charge in [0.25, 0.3) is 0 Å². The fraction of sp³-hybridized carbons (Fsp3) is 0.714. The van der Waals surface area contributed by atoms with Gasteiger partial charge in [-0.2, -0.15) is 0 Å². The number of aromatic hydroxyl groups is 1. The molecule has 0 aromatic heterocycles. The molecule has 0 radical (unpaired) electrons. The van der Waals surface area contributed by atoms with Gasteiger partial charge < -0.3 is 20.1 Å². The maximum atomic E-state index is 12.1. The first kappa shape index (κ1) is 15.7. The minimum atomic E-state index is -0.831. The predicted molar refractivity (Wildman–Crippen MR) is 95.4 cm³/mol. The molecule has 5 heteroatoms. The monoisotopic (exact) mass is 357 g/mol. The highest BCUT2D eigenvalue weighted by Crippen LogP contribution is 2.66. The molecule has 2 heterocycles. The normalized spacial score (nSPS) is 43.1. The van der Waals surface area contributed by atoms with E-state index in [1.165, 1.54) is 18.4 Å². The molecule has 1 aromatic carbocycles. The number of nitrogens with zero attached hydrogens (tertiary/aromatic N) is 1. The zero-order valence-electron chi connectivity index (χ0n) is 15.0. The molecule has 5 atom stereocenters. The van der Waals surface area contributed by atoms with E-state index in [1.807, 2.05) is 6.07 Å². The number of benzene rings is 1. The first-order valence-electron chi connectivity index (χ1n) is 10.2. The van der Waals surface area contributed by atoms with Gasteiger partial charge in [0.15, 0.2) is 11.5 Å². The van der Waals surface area contributed by atoms with Crippen molar-refractivity contribution in [1.29, 1.82) is 0 Å². The highest BCUT2D eigenvalue weighted by atomic mass is 16.5. The number of piperidine rings is 1. The number of rotatable bonds is 3. The van der Waals surface area contributed by atoms with Crippen LogP contribution in [0, 0.1) is 11.8 Å². The van der Waals surface area contributed by atoms with Crippen LogP contribution in [0.15, 0.2) is 12.1 Å². The van der Waals surface area contributed by atoms with E-state index in [-0.39, 0.29) is 30.4 Å². The second kappa shape index (κ2) is 4.94. The molecule has 5 nitrogen and oxygen atoms in total. The molecule has 2 aliphatic heterocycles. The highest BCUT2D eigenvalue weighted by Gasteiger charge is 2.72. The summed E-state index contributed by atoms with van der Waals surface area (Å²) < 4.78 is 6.32. The van der Waals surface area contributed by atoms with Gasteiger partial charge in [0.1, 0.15) is 6.10 Å². The zero-order chi connectivity index (χ0) is 17.7. The molecular formula is C21H27NO4. The Kier molecular flexibility index (Phi) is 2.99. The SMILES string of the molecule is OC[C@H]1CCC2(O)[C@H]3Cc4ccc(O)c5c4[C@@]2(CCN3CC2CC2)[C@H]1O5. The van der Waals surface area contributed by atoms with E-state index in [1.54, 1.807) is 6.07 Å². The molecule has 2 saturated carbocycles. The van der Waals surface area contributed by atoms with Crippen LogP contribution in [0.4, 0.5) is 0 Å². The summed E-state index contributed by atoms with van der Waals surface area (Å²) in [5.74, 6) is 1.56. The lowest BCUT2D eigenvalue weighted by Gasteiger charge is -2.64. The van der Waals surface area contributed by atoms with Crippen LogP contribution in [-0.2, 0) is 11.8 Å². The number of likely N-dealkylation sites (tertiary alicyclic amines) is 1. The molecule has 1 unspecified atom stereocenters. The highest BCUT2D eigenvalue weighted by molar-refractivity contribution is 5.62. The summed E-state index contributed by atoms with van der Waals surface area (Å²) in [6.07, 6.45) is 5.55. The van der Waals surface area contributed by atoms with E-state index in [0.29, 0.717) is 12.2 Å². The lowest BCUT2D eigenvalue weighted by Crippen LogP contribution is -2.76. The summed E-state index contributed by atoms with van der Waals surface area (Å²) in [6.45, 7) is 2.14. The Morgan fingerprint density at radius 2 is 2.04 bits per heavy atom. The van der Waals surface area contributed by atoms with Crippen LogP contribution in [0.25, 0.3) is 0 Å². The van der Waals surface area contributed by atoms with Crippen molar-refractivity contribution >= 4 is 0 Å². The summed E-state index contributed by atoms with van der Waals surface area (Å²) >= 11 is 0. The summed E-state index contributed by atoms with van der Waals surface area (Å²) in [4.78, 5) is 2.53. The van der Waals surface area contributed by atoms with Crippen LogP contribution in [0.5, 0.6) is 11.5 Å². The largest absolute Gasteiger partial charge is 0.504 e. The topological polar surface area (TPSA) is 73.2 Å². The lowest BCUT2D eigenvalue weighted by molar-refractivity contribution is -0.200. The van der Waals surface area contributed by atoms with Gasteiger partial charge in [0, 0.05) is 30.7 Å². The average Bonchev–Trinajstić information content (AvgIpc) is 3.37. The minimum absolute atomic E-state index is 0.0173. The molecule has 3 N–H and O–H groups in total. The van der Waals surface area contributed by atoms with E-state index < -0.39 is 11.0 Å². The third kappa shape index (κ3) is 1.68. The lowest BCUT2D eigenvalue weighted by atomic mass is 9.47. The molecule has 1 spiro atoms. The number of ether oxygens (including phenoxy) is 1. The first-order valence-corrected chi connectivity index (χ1v) is 10.2. The van der Waals surface area contributed by atoms with Crippen molar-refractivity contribution in [3.63, 3.8) is 0 Å². The van der Waals surface area contributed by atoms with Crippen LogP contribution in [-0.4, -0.2) is 57.7 Å². The molecular weight excluding hydrogens is 330 g/mol. The maximum absolute atomic E-state index is 12.1. The summed E-state index contributed by atoms with van der Waals surface area (Å²) in [7, 11) is 0. The van der Waals surface area contributed by atoms with E-state index >= 15 is 0 Å². The molecule has 3 fully saturated rings. The van der Waals surface area contributed by atoms with Gasteiger partial charge in [-0.25, -0.2) is 0 Å².